The van der Waals surface area contributed by atoms with E-state index in [9.17, 15) is 9.18 Å². The summed E-state index contributed by atoms with van der Waals surface area (Å²) in [7, 11) is 0. The lowest BCUT2D eigenvalue weighted by atomic mass is 10.1. The van der Waals surface area contributed by atoms with Gasteiger partial charge in [-0.05, 0) is 42.5 Å². The SMILES string of the molecule is N#CCSc1nc2ccc(Cl)cc2c2nc(=O)c(-c3ccc(F)cc3)nn12. The Morgan fingerprint density at radius 2 is 1.96 bits per heavy atom. The molecule has 2 heterocycles. The molecule has 0 aliphatic rings. The van der Waals surface area contributed by atoms with Crippen LogP contribution in [0.2, 0.25) is 5.02 Å². The quantitative estimate of drug-likeness (QED) is 0.297. The molecule has 0 aliphatic carbocycles. The van der Waals surface area contributed by atoms with Crippen LogP contribution in [-0.2, 0) is 0 Å². The van der Waals surface area contributed by atoms with Crippen LogP contribution >= 0.6 is 23.4 Å². The van der Waals surface area contributed by atoms with Gasteiger partial charge in [0, 0.05) is 16.0 Å². The summed E-state index contributed by atoms with van der Waals surface area (Å²) < 4.78 is 14.6. The fourth-order valence-electron chi connectivity index (χ4n) is 2.61. The van der Waals surface area contributed by atoms with Gasteiger partial charge in [0.05, 0.1) is 17.3 Å². The maximum absolute atomic E-state index is 13.2. The zero-order chi connectivity index (χ0) is 19.0. The highest BCUT2D eigenvalue weighted by Gasteiger charge is 2.15. The number of thioether (sulfide) groups is 1. The van der Waals surface area contributed by atoms with Crippen molar-refractivity contribution in [3.8, 4) is 17.3 Å². The Kier molecular flexibility index (Phi) is 4.48. The zero-order valence-electron chi connectivity index (χ0n) is 13.6. The number of nitrogens with zero attached hydrogens (tertiary/aromatic N) is 5. The van der Waals surface area contributed by atoms with Crippen LogP contribution in [0.25, 0.3) is 27.8 Å². The lowest BCUT2D eigenvalue weighted by Gasteiger charge is -2.10. The van der Waals surface area contributed by atoms with Crippen molar-refractivity contribution >= 4 is 39.9 Å². The van der Waals surface area contributed by atoms with E-state index < -0.39 is 11.4 Å². The molecule has 6 nitrogen and oxygen atoms in total. The van der Waals surface area contributed by atoms with E-state index in [-0.39, 0.29) is 11.4 Å². The lowest BCUT2D eigenvalue weighted by molar-refractivity contribution is 0.628. The normalized spacial score (nSPS) is 11.0. The molecular formula is C18H9ClFN5OS. The number of nitriles is 1. The molecule has 2 aromatic heterocycles. The Hall–Kier alpha value is -3.02. The van der Waals surface area contributed by atoms with Crippen molar-refractivity contribution in [2.75, 3.05) is 5.75 Å². The minimum atomic E-state index is -0.551. The van der Waals surface area contributed by atoms with Crippen LogP contribution in [-0.4, -0.2) is 25.3 Å². The molecule has 0 amide bonds. The summed E-state index contributed by atoms with van der Waals surface area (Å²) in [5.74, 6) is -0.263. The summed E-state index contributed by atoms with van der Waals surface area (Å²) in [6.45, 7) is 0. The molecule has 0 atom stereocenters. The molecule has 4 aromatic rings. The van der Waals surface area contributed by atoms with Crippen molar-refractivity contribution in [2.45, 2.75) is 5.16 Å². The number of benzene rings is 2. The number of halogens is 2. The number of aromatic nitrogens is 4. The van der Waals surface area contributed by atoms with Crippen LogP contribution in [0, 0.1) is 17.1 Å². The van der Waals surface area contributed by atoms with E-state index in [1.807, 2.05) is 6.07 Å². The smallest absolute Gasteiger partial charge is 0.265 e. The van der Waals surface area contributed by atoms with Crippen molar-refractivity contribution in [1.82, 2.24) is 19.6 Å². The van der Waals surface area contributed by atoms with E-state index >= 15 is 0 Å². The second kappa shape index (κ2) is 6.95. The predicted molar refractivity (Wildman–Crippen MR) is 101 cm³/mol. The van der Waals surface area contributed by atoms with Gasteiger partial charge >= 0.3 is 0 Å². The molecule has 4 rings (SSSR count). The summed E-state index contributed by atoms with van der Waals surface area (Å²) in [5.41, 5.74) is 0.826. The van der Waals surface area contributed by atoms with Gasteiger partial charge in [0.15, 0.2) is 16.5 Å². The molecule has 0 radical (unpaired) electrons. The molecule has 0 aliphatic heterocycles. The second-order valence-corrected chi connectivity index (χ2v) is 6.89. The highest BCUT2D eigenvalue weighted by atomic mass is 35.5. The van der Waals surface area contributed by atoms with Gasteiger partial charge < -0.3 is 0 Å². The molecule has 0 saturated carbocycles. The molecule has 27 heavy (non-hydrogen) atoms. The largest absolute Gasteiger partial charge is 0.300 e. The maximum atomic E-state index is 13.2. The van der Waals surface area contributed by atoms with Crippen LogP contribution < -0.4 is 5.56 Å². The summed E-state index contributed by atoms with van der Waals surface area (Å²) in [4.78, 5) is 21.3. The van der Waals surface area contributed by atoms with Gasteiger partial charge in [-0.25, -0.2) is 9.37 Å². The third-order valence-corrected chi connectivity index (χ3v) is 4.82. The predicted octanol–water partition coefficient (Wildman–Crippen LogP) is 3.71. The van der Waals surface area contributed by atoms with Crippen molar-refractivity contribution in [1.29, 1.82) is 5.26 Å². The minimum Gasteiger partial charge on any atom is -0.265 e. The highest BCUT2D eigenvalue weighted by molar-refractivity contribution is 7.99. The van der Waals surface area contributed by atoms with Gasteiger partial charge in [-0.1, -0.05) is 23.4 Å². The number of hydrogen-bond donors (Lipinski definition) is 0. The van der Waals surface area contributed by atoms with Gasteiger partial charge in [0.25, 0.3) is 5.56 Å². The summed E-state index contributed by atoms with van der Waals surface area (Å²) >= 11 is 7.25. The lowest BCUT2D eigenvalue weighted by Crippen LogP contribution is -2.17. The van der Waals surface area contributed by atoms with Crippen LogP contribution in [0.4, 0.5) is 4.39 Å². The first-order valence-corrected chi connectivity index (χ1v) is 9.09. The van der Waals surface area contributed by atoms with Gasteiger partial charge in [-0.15, -0.1) is 0 Å². The highest BCUT2D eigenvalue weighted by Crippen LogP contribution is 2.26. The molecule has 0 saturated heterocycles. The Morgan fingerprint density at radius 3 is 2.70 bits per heavy atom. The Balaban J connectivity index is 2.06. The molecule has 9 heteroatoms. The van der Waals surface area contributed by atoms with Crippen LogP contribution in [0.3, 0.4) is 0 Å². The van der Waals surface area contributed by atoms with Crippen molar-refractivity contribution < 1.29 is 4.39 Å². The minimum absolute atomic E-state index is 0.0643. The summed E-state index contributed by atoms with van der Waals surface area (Å²) in [5, 5.41) is 14.8. The summed E-state index contributed by atoms with van der Waals surface area (Å²) in [6.07, 6.45) is 0. The second-order valence-electron chi connectivity index (χ2n) is 5.51. The Morgan fingerprint density at radius 1 is 1.19 bits per heavy atom. The Labute approximate surface area is 161 Å². The summed E-state index contributed by atoms with van der Waals surface area (Å²) in [6, 6.07) is 12.5. The molecular weight excluding hydrogens is 389 g/mol. The fourth-order valence-corrected chi connectivity index (χ4v) is 3.39. The number of hydrogen-bond acceptors (Lipinski definition) is 6. The third kappa shape index (κ3) is 3.23. The van der Waals surface area contributed by atoms with E-state index in [0.717, 1.165) is 0 Å². The van der Waals surface area contributed by atoms with Crippen molar-refractivity contribution in [2.24, 2.45) is 0 Å². The van der Waals surface area contributed by atoms with Gasteiger partial charge in [0.2, 0.25) is 0 Å². The van der Waals surface area contributed by atoms with Crippen molar-refractivity contribution in [3.63, 3.8) is 0 Å². The van der Waals surface area contributed by atoms with Crippen LogP contribution in [0.15, 0.2) is 52.4 Å². The molecule has 0 N–H and O–H groups in total. The fraction of sp³-hybridized carbons (Fsp3) is 0.0556. The zero-order valence-corrected chi connectivity index (χ0v) is 15.1. The van der Waals surface area contributed by atoms with E-state index in [2.05, 4.69) is 15.1 Å². The topological polar surface area (TPSA) is 83.9 Å². The van der Waals surface area contributed by atoms with E-state index in [1.165, 1.54) is 40.5 Å². The molecule has 132 valence electrons. The molecule has 0 bridgehead atoms. The maximum Gasteiger partial charge on any atom is 0.300 e. The van der Waals surface area contributed by atoms with Crippen molar-refractivity contribution in [3.05, 3.63) is 63.7 Å². The first-order valence-electron chi connectivity index (χ1n) is 7.73. The molecule has 2 aromatic carbocycles. The number of fused-ring (bicyclic) bond motifs is 3. The average molecular weight is 398 g/mol. The standard InChI is InChI=1S/C18H9ClFN5OS/c19-11-3-6-14-13(9-11)16-23-17(26)15(10-1-4-12(20)5-2-10)24-25(16)18(22-14)27-8-7-21/h1-6,9H,8H2. The van der Waals surface area contributed by atoms with Gasteiger partial charge in [0.1, 0.15) is 5.82 Å². The third-order valence-electron chi connectivity index (χ3n) is 3.79. The first-order chi connectivity index (χ1) is 13.1. The Bertz CT molecular complexity index is 1280. The van der Waals surface area contributed by atoms with Crippen LogP contribution in [0.5, 0.6) is 0 Å². The van der Waals surface area contributed by atoms with Gasteiger partial charge in [-0.3, -0.25) is 4.79 Å². The molecule has 0 spiro atoms. The van der Waals surface area contributed by atoms with E-state index in [1.54, 1.807) is 18.2 Å². The average Bonchev–Trinajstić information content (AvgIpc) is 2.67. The van der Waals surface area contributed by atoms with E-state index in [4.69, 9.17) is 16.9 Å². The molecule has 0 fully saturated rings. The first kappa shape index (κ1) is 17.4. The monoisotopic (exact) mass is 397 g/mol. The molecule has 0 unspecified atom stereocenters. The van der Waals surface area contributed by atoms with Crippen LogP contribution in [0.1, 0.15) is 0 Å². The van der Waals surface area contributed by atoms with E-state index in [0.29, 0.717) is 32.3 Å². The van der Waals surface area contributed by atoms with Gasteiger partial charge in [-0.2, -0.15) is 19.9 Å². The number of rotatable bonds is 3.